The zero-order valence-corrected chi connectivity index (χ0v) is 22.0. The second kappa shape index (κ2) is 9.89. The van der Waals surface area contributed by atoms with E-state index < -0.39 is 0 Å². The molecule has 0 amide bonds. The van der Waals surface area contributed by atoms with E-state index in [0.29, 0.717) is 42.6 Å². The van der Waals surface area contributed by atoms with Crippen LogP contribution in [0.2, 0.25) is 0 Å². The normalized spacial score (nSPS) is 50.5. The molecule has 6 nitrogen and oxygen atoms in total. The number of hydrogen-bond donors (Lipinski definition) is 3. The maximum absolute atomic E-state index is 12.5. The Hall–Kier alpha value is -0.690. The minimum atomic E-state index is -0.388. The van der Waals surface area contributed by atoms with Crippen molar-refractivity contribution in [3.63, 3.8) is 0 Å². The van der Waals surface area contributed by atoms with Crippen LogP contribution in [0.5, 0.6) is 0 Å². The zero-order chi connectivity index (χ0) is 25.0. The molecule has 4 saturated carbocycles. The highest BCUT2D eigenvalue weighted by Crippen LogP contribution is 2.68. The van der Waals surface area contributed by atoms with Gasteiger partial charge in [0, 0.05) is 12.8 Å². The van der Waals surface area contributed by atoms with Crippen LogP contribution in [-0.4, -0.2) is 52.5 Å². The summed E-state index contributed by atoms with van der Waals surface area (Å²) >= 11 is 0. The van der Waals surface area contributed by atoms with Gasteiger partial charge in [0.2, 0.25) is 6.29 Å². The van der Waals surface area contributed by atoms with Gasteiger partial charge in [-0.1, -0.05) is 20.8 Å². The average molecular weight is 493 g/mol. The summed E-state index contributed by atoms with van der Waals surface area (Å²) in [7, 11) is 0. The minimum absolute atomic E-state index is 0.0973. The average Bonchev–Trinajstić information content (AvgIpc) is 3.18. The van der Waals surface area contributed by atoms with E-state index in [1.165, 1.54) is 0 Å². The van der Waals surface area contributed by atoms with Gasteiger partial charge >= 0.3 is 5.97 Å². The summed E-state index contributed by atoms with van der Waals surface area (Å²) in [4.78, 5) is 12.5. The SMILES string of the molecule is C[C@H](CCC(=O)OC1CCCCO1)[C@H]1CC[C@H]2[C@@H]3[C@H](O)C[C@@H]4C[C@H](O)CC[C@]4(C)[C@H]3C[C@H](O)[C@]12C. The number of hydrogen-bond acceptors (Lipinski definition) is 6. The summed E-state index contributed by atoms with van der Waals surface area (Å²) in [5, 5.41) is 33.4. The molecule has 3 N–H and O–H groups in total. The number of rotatable bonds is 5. The van der Waals surface area contributed by atoms with Crippen LogP contribution in [0.4, 0.5) is 0 Å². The number of carbonyl (C=O) groups excluding carboxylic acids is 1. The zero-order valence-electron chi connectivity index (χ0n) is 22.0. The first-order valence-electron chi connectivity index (χ1n) is 14.5. The van der Waals surface area contributed by atoms with Gasteiger partial charge in [0.15, 0.2) is 0 Å². The molecular weight excluding hydrogens is 444 g/mol. The minimum Gasteiger partial charge on any atom is -0.436 e. The molecule has 1 unspecified atom stereocenters. The van der Waals surface area contributed by atoms with E-state index in [4.69, 9.17) is 9.47 Å². The summed E-state index contributed by atoms with van der Waals surface area (Å²) in [6, 6.07) is 0. The van der Waals surface area contributed by atoms with E-state index >= 15 is 0 Å². The Morgan fingerprint density at radius 2 is 1.83 bits per heavy atom. The Morgan fingerprint density at radius 3 is 2.57 bits per heavy atom. The summed E-state index contributed by atoms with van der Waals surface area (Å²) in [5.41, 5.74) is -0.130. The molecule has 5 fully saturated rings. The fourth-order valence-electron chi connectivity index (χ4n) is 9.69. The smallest absolute Gasteiger partial charge is 0.308 e. The van der Waals surface area contributed by atoms with Gasteiger partial charge in [-0.25, -0.2) is 0 Å². The lowest BCUT2D eigenvalue weighted by molar-refractivity contribution is -0.207. The largest absolute Gasteiger partial charge is 0.436 e. The van der Waals surface area contributed by atoms with Crippen molar-refractivity contribution < 1.29 is 29.6 Å². The van der Waals surface area contributed by atoms with Crippen LogP contribution in [0.25, 0.3) is 0 Å². The van der Waals surface area contributed by atoms with Crippen LogP contribution >= 0.6 is 0 Å². The first kappa shape index (κ1) is 25.9. The first-order chi connectivity index (χ1) is 16.6. The lowest BCUT2D eigenvalue weighted by Crippen LogP contribution is -2.62. The maximum atomic E-state index is 12.5. The molecule has 1 heterocycles. The highest BCUT2D eigenvalue weighted by molar-refractivity contribution is 5.69. The molecule has 0 bridgehead atoms. The third-order valence-corrected chi connectivity index (χ3v) is 11.7. The monoisotopic (exact) mass is 492 g/mol. The van der Waals surface area contributed by atoms with Gasteiger partial charge < -0.3 is 24.8 Å². The molecule has 200 valence electrons. The molecule has 0 radical (unpaired) electrons. The number of ether oxygens (including phenoxy) is 2. The number of esters is 1. The lowest BCUT2D eigenvalue weighted by Gasteiger charge is -2.63. The number of carbonyl (C=O) groups is 1. The van der Waals surface area contributed by atoms with Gasteiger partial charge in [0.05, 0.1) is 24.9 Å². The van der Waals surface area contributed by atoms with Gasteiger partial charge in [-0.05, 0) is 111 Å². The van der Waals surface area contributed by atoms with Crippen LogP contribution in [0.1, 0.15) is 97.8 Å². The summed E-state index contributed by atoms with van der Waals surface area (Å²) < 4.78 is 11.1. The summed E-state index contributed by atoms with van der Waals surface area (Å²) in [6.45, 7) is 7.55. The number of fused-ring (bicyclic) bond motifs is 5. The topological polar surface area (TPSA) is 96.2 Å². The second-order valence-corrected chi connectivity index (χ2v) is 13.3. The van der Waals surface area contributed by atoms with Crippen LogP contribution in [0.15, 0.2) is 0 Å². The quantitative estimate of drug-likeness (QED) is 0.491. The number of aliphatic hydroxyl groups is 3. The fourth-order valence-corrected chi connectivity index (χ4v) is 9.69. The molecule has 12 atom stereocenters. The molecule has 0 aromatic rings. The van der Waals surface area contributed by atoms with Crippen molar-refractivity contribution in [2.24, 2.45) is 46.3 Å². The standard InChI is InChI=1S/C29H48O6/c1-17(7-10-25(33)35-26-6-4-5-13-34-26)20-8-9-21-27-22(16-24(32)29(20,21)3)28(2)12-11-19(30)14-18(28)15-23(27)31/h17-24,26-27,30-32H,4-16H2,1-3H3/t17-,18+,19-,20-,21+,22+,23-,24+,26?,27+,28+,29-/m1/s1. The Balaban J connectivity index is 1.26. The van der Waals surface area contributed by atoms with Gasteiger partial charge in [0.1, 0.15) is 0 Å². The van der Waals surface area contributed by atoms with Crippen molar-refractivity contribution in [3.05, 3.63) is 0 Å². The molecule has 5 rings (SSSR count). The maximum Gasteiger partial charge on any atom is 0.308 e. The van der Waals surface area contributed by atoms with Gasteiger partial charge in [-0.15, -0.1) is 0 Å². The predicted molar refractivity (Wildman–Crippen MR) is 132 cm³/mol. The molecule has 4 aliphatic carbocycles. The van der Waals surface area contributed by atoms with Gasteiger partial charge in [0.25, 0.3) is 0 Å². The van der Waals surface area contributed by atoms with Gasteiger partial charge in [-0.3, -0.25) is 4.79 Å². The highest BCUT2D eigenvalue weighted by Gasteiger charge is 2.65. The van der Waals surface area contributed by atoms with E-state index in [1.807, 2.05) is 0 Å². The molecule has 5 aliphatic rings. The predicted octanol–water partition coefficient (Wildman–Crippen LogP) is 4.43. The molecule has 35 heavy (non-hydrogen) atoms. The highest BCUT2D eigenvalue weighted by atomic mass is 16.7. The molecule has 0 aromatic heterocycles. The molecule has 0 spiro atoms. The molecule has 1 aliphatic heterocycles. The van der Waals surface area contributed by atoms with Crippen LogP contribution in [0, 0.1) is 46.3 Å². The van der Waals surface area contributed by atoms with Crippen molar-refractivity contribution in [1.29, 1.82) is 0 Å². The second-order valence-electron chi connectivity index (χ2n) is 13.3. The van der Waals surface area contributed by atoms with E-state index in [1.54, 1.807) is 0 Å². The summed E-state index contributed by atoms with van der Waals surface area (Å²) in [6.07, 6.45) is 8.92. The summed E-state index contributed by atoms with van der Waals surface area (Å²) in [5.74, 6) is 1.67. The Kier molecular flexibility index (Phi) is 7.33. The molecular formula is C29H48O6. The third kappa shape index (κ3) is 4.49. The Bertz CT molecular complexity index is 766. The molecule has 0 aromatic carbocycles. The Labute approximate surface area is 211 Å². The number of aliphatic hydroxyl groups excluding tert-OH is 3. The fraction of sp³-hybridized carbons (Fsp3) is 0.966. The van der Waals surface area contributed by atoms with E-state index in [-0.39, 0.29) is 47.3 Å². The first-order valence-corrected chi connectivity index (χ1v) is 14.5. The van der Waals surface area contributed by atoms with Crippen molar-refractivity contribution >= 4 is 5.97 Å². The third-order valence-electron chi connectivity index (χ3n) is 11.7. The van der Waals surface area contributed by atoms with Crippen molar-refractivity contribution in [3.8, 4) is 0 Å². The Morgan fingerprint density at radius 1 is 1.03 bits per heavy atom. The molecule has 1 saturated heterocycles. The van der Waals surface area contributed by atoms with Gasteiger partial charge in [-0.2, -0.15) is 0 Å². The molecule has 6 heteroatoms. The van der Waals surface area contributed by atoms with E-state index in [2.05, 4.69) is 20.8 Å². The van der Waals surface area contributed by atoms with E-state index in [9.17, 15) is 20.1 Å². The van der Waals surface area contributed by atoms with Crippen molar-refractivity contribution in [2.75, 3.05) is 6.61 Å². The van der Waals surface area contributed by atoms with Crippen LogP contribution < -0.4 is 0 Å². The van der Waals surface area contributed by atoms with E-state index in [0.717, 1.165) is 70.6 Å². The van der Waals surface area contributed by atoms with Crippen molar-refractivity contribution in [1.82, 2.24) is 0 Å². The van der Waals surface area contributed by atoms with Crippen LogP contribution in [-0.2, 0) is 14.3 Å². The van der Waals surface area contributed by atoms with Crippen molar-refractivity contribution in [2.45, 2.75) is 122 Å². The van der Waals surface area contributed by atoms with Crippen LogP contribution in [0.3, 0.4) is 0 Å². The lowest BCUT2D eigenvalue weighted by atomic mass is 9.43.